The monoisotopic (exact) mass is 311 g/mol. The lowest BCUT2D eigenvalue weighted by molar-refractivity contribution is -0.123. The topological polar surface area (TPSA) is 38.3 Å². The molecule has 2 rings (SSSR count). The third-order valence-corrected chi connectivity index (χ3v) is 4.04. The van der Waals surface area contributed by atoms with Gasteiger partial charge in [0.15, 0.2) is 6.61 Å². The maximum absolute atomic E-state index is 12.2. The molecule has 0 spiro atoms. The summed E-state index contributed by atoms with van der Waals surface area (Å²) in [5.41, 5.74) is 4.76. The summed E-state index contributed by atoms with van der Waals surface area (Å²) in [4.78, 5) is 12.2. The molecular weight excluding hydrogens is 286 g/mol. The van der Waals surface area contributed by atoms with E-state index in [9.17, 15) is 4.79 Å². The zero-order valence-corrected chi connectivity index (χ0v) is 14.3. The van der Waals surface area contributed by atoms with E-state index in [2.05, 4.69) is 44.3 Å². The van der Waals surface area contributed by atoms with E-state index in [1.165, 1.54) is 11.1 Å². The van der Waals surface area contributed by atoms with Crippen LogP contribution in [0.1, 0.15) is 41.6 Å². The molecule has 3 nitrogen and oxygen atoms in total. The van der Waals surface area contributed by atoms with Crippen LogP contribution in [-0.4, -0.2) is 12.5 Å². The summed E-state index contributed by atoms with van der Waals surface area (Å²) >= 11 is 0. The van der Waals surface area contributed by atoms with E-state index in [1.807, 2.05) is 31.2 Å². The van der Waals surface area contributed by atoms with Crippen LogP contribution in [0.15, 0.2) is 42.5 Å². The largest absolute Gasteiger partial charge is 0.484 e. The number of benzene rings is 2. The minimum absolute atomic E-state index is 0.0166. The smallest absolute Gasteiger partial charge is 0.258 e. The summed E-state index contributed by atoms with van der Waals surface area (Å²) in [7, 11) is 0. The Morgan fingerprint density at radius 3 is 2.52 bits per heavy atom. The number of amides is 1. The van der Waals surface area contributed by atoms with Gasteiger partial charge in [0.2, 0.25) is 0 Å². The first-order chi connectivity index (χ1) is 11.0. The molecule has 0 aliphatic rings. The summed E-state index contributed by atoms with van der Waals surface area (Å²) in [6.07, 6.45) is 0.846. The van der Waals surface area contributed by atoms with Gasteiger partial charge in [0.25, 0.3) is 5.91 Å². The first kappa shape index (κ1) is 17.1. The van der Waals surface area contributed by atoms with Gasteiger partial charge >= 0.3 is 0 Å². The van der Waals surface area contributed by atoms with Crippen molar-refractivity contribution in [3.63, 3.8) is 0 Å². The van der Waals surface area contributed by atoms with Crippen molar-refractivity contribution in [1.29, 1.82) is 0 Å². The predicted octanol–water partition coefficient (Wildman–Crippen LogP) is 4.26. The van der Waals surface area contributed by atoms with Crippen molar-refractivity contribution in [3.05, 3.63) is 64.7 Å². The fourth-order valence-electron chi connectivity index (χ4n) is 2.49. The van der Waals surface area contributed by atoms with Crippen LogP contribution in [0.25, 0.3) is 0 Å². The summed E-state index contributed by atoms with van der Waals surface area (Å²) in [5.74, 6) is 0.621. The molecule has 0 radical (unpaired) electrons. The predicted molar refractivity (Wildman–Crippen MR) is 93.8 cm³/mol. The van der Waals surface area contributed by atoms with E-state index in [0.717, 1.165) is 23.3 Å². The molecule has 1 N–H and O–H groups in total. The van der Waals surface area contributed by atoms with Crippen LogP contribution in [0.4, 0.5) is 0 Å². The quantitative estimate of drug-likeness (QED) is 0.865. The zero-order valence-electron chi connectivity index (χ0n) is 14.3. The van der Waals surface area contributed by atoms with Crippen LogP contribution in [-0.2, 0) is 4.79 Å². The number of aryl methyl sites for hydroxylation is 3. The molecule has 0 heterocycles. The Kier molecular flexibility index (Phi) is 5.80. The lowest BCUT2D eigenvalue weighted by Gasteiger charge is -2.19. The number of nitrogens with one attached hydrogen (secondary N) is 1. The van der Waals surface area contributed by atoms with Crippen LogP contribution in [0.2, 0.25) is 0 Å². The van der Waals surface area contributed by atoms with Gasteiger partial charge in [-0.2, -0.15) is 0 Å². The van der Waals surface area contributed by atoms with E-state index in [0.29, 0.717) is 0 Å². The number of hydrogen-bond donors (Lipinski definition) is 1. The average molecular weight is 311 g/mol. The fourth-order valence-corrected chi connectivity index (χ4v) is 2.49. The SMILES string of the molecule is CC[C@@H](NC(=O)COc1cccc(C)c1)c1ccc(C)c(C)c1. The molecule has 0 saturated carbocycles. The second-order valence-corrected chi connectivity index (χ2v) is 5.98. The van der Waals surface area contributed by atoms with Gasteiger partial charge in [-0.15, -0.1) is 0 Å². The first-order valence-corrected chi connectivity index (χ1v) is 8.05. The third-order valence-electron chi connectivity index (χ3n) is 4.04. The zero-order chi connectivity index (χ0) is 16.8. The molecule has 0 fully saturated rings. The molecule has 0 bridgehead atoms. The highest BCUT2D eigenvalue weighted by molar-refractivity contribution is 5.78. The standard InChI is InChI=1S/C20H25NO2/c1-5-19(17-10-9-15(3)16(4)12-17)21-20(22)13-23-18-8-6-7-14(2)11-18/h6-12,19H,5,13H2,1-4H3,(H,21,22)/t19-/m1/s1. The van der Waals surface area contributed by atoms with Crippen LogP contribution in [0.3, 0.4) is 0 Å². The van der Waals surface area contributed by atoms with E-state index < -0.39 is 0 Å². The van der Waals surface area contributed by atoms with Gasteiger partial charge in [0.05, 0.1) is 6.04 Å². The highest BCUT2D eigenvalue weighted by atomic mass is 16.5. The summed E-state index contributed by atoms with van der Waals surface area (Å²) < 4.78 is 5.56. The number of carbonyl (C=O) groups excluding carboxylic acids is 1. The normalized spacial score (nSPS) is 11.8. The van der Waals surface area contributed by atoms with Gasteiger partial charge in [-0.25, -0.2) is 0 Å². The molecule has 0 aliphatic carbocycles. The molecule has 23 heavy (non-hydrogen) atoms. The second kappa shape index (κ2) is 7.82. The fraction of sp³-hybridized carbons (Fsp3) is 0.350. The van der Waals surface area contributed by atoms with E-state index in [4.69, 9.17) is 4.74 Å². The average Bonchev–Trinajstić information content (AvgIpc) is 2.53. The van der Waals surface area contributed by atoms with Gasteiger partial charge in [0.1, 0.15) is 5.75 Å². The van der Waals surface area contributed by atoms with Crippen LogP contribution < -0.4 is 10.1 Å². The Morgan fingerprint density at radius 2 is 1.87 bits per heavy atom. The van der Waals surface area contributed by atoms with Crippen LogP contribution in [0, 0.1) is 20.8 Å². The van der Waals surface area contributed by atoms with Gasteiger partial charge in [-0.05, 0) is 61.6 Å². The Labute approximate surface area is 138 Å². The molecule has 1 amide bonds. The Morgan fingerprint density at radius 1 is 1.09 bits per heavy atom. The minimum Gasteiger partial charge on any atom is -0.484 e. The van der Waals surface area contributed by atoms with Crippen molar-refractivity contribution in [2.24, 2.45) is 0 Å². The minimum atomic E-state index is -0.100. The van der Waals surface area contributed by atoms with E-state index in [1.54, 1.807) is 0 Å². The Bertz CT molecular complexity index is 679. The van der Waals surface area contributed by atoms with E-state index in [-0.39, 0.29) is 18.6 Å². The van der Waals surface area contributed by atoms with Crippen LogP contribution >= 0.6 is 0 Å². The summed E-state index contributed by atoms with van der Waals surface area (Å²) in [6.45, 7) is 8.29. The lowest BCUT2D eigenvalue weighted by atomic mass is 9.99. The Hall–Kier alpha value is -2.29. The number of ether oxygens (including phenoxy) is 1. The molecule has 0 aliphatic heterocycles. The first-order valence-electron chi connectivity index (χ1n) is 8.05. The van der Waals surface area contributed by atoms with Crippen molar-refractivity contribution in [1.82, 2.24) is 5.32 Å². The van der Waals surface area contributed by atoms with Crippen molar-refractivity contribution in [2.75, 3.05) is 6.61 Å². The van der Waals surface area contributed by atoms with Crippen molar-refractivity contribution in [2.45, 2.75) is 40.2 Å². The highest BCUT2D eigenvalue weighted by Gasteiger charge is 2.13. The molecule has 2 aromatic rings. The lowest BCUT2D eigenvalue weighted by Crippen LogP contribution is -2.32. The van der Waals surface area contributed by atoms with Gasteiger partial charge < -0.3 is 10.1 Å². The van der Waals surface area contributed by atoms with Crippen LogP contribution in [0.5, 0.6) is 5.75 Å². The number of carbonyl (C=O) groups is 1. The van der Waals surface area contributed by atoms with E-state index >= 15 is 0 Å². The summed E-state index contributed by atoms with van der Waals surface area (Å²) in [6, 6.07) is 14.1. The molecule has 3 heteroatoms. The van der Waals surface area contributed by atoms with Crippen molar-refractivity contribution in [3.8, 4) is 5.75 Å². The van der Waals surface area contributed by atoms with Crippen molar-refractivity contribution >= 4 is 5.91 Å². The summed E-state index contributed by atoms with van der Waals surface area (Å²) in [5, 5.41) is 3.05. The highest BCUT2D eigenvalue weighted by Crippen LogP contribution is 2.20. The van der Waals surface area contributed by atoms with Gasteiger partial charge in [-0.1, -0.05) is 37.3 Å². The molecule has 0 unspecified atom stereocenters. The molecule has 0 aromatic heterocycles. The number of hydrogen-bond acceptors (Lipinski definition) is 2. The molecule has 1 atom stereocenters. The van der Waals surface area contributed by atoms with Gasteiger partial charge in [0, 0.05) is 0 Å². The third kappa shape index (κ3) is 4.85. The Balaban J connectivity index is 1.95. The molecule has 122 valence electrons. The number of rotatable bonds is 6. The van der Waals surface area contributed by atoms with Gasteiger partial charge in [-0.3, -0.25) is 4.79 Å². The molecule has 2 aromatic carbocycles. The maximum Gasteiger partial charge on any atom is 0.258 e. The van der Waals surface area contributed by atoms with Crippen molar-refractivity contribution < 1.29 is 9.53 Å². The molecule has 0 saturated heterocycles. The second-order valence-electron chi connectivity index (χ2n) is 5.98. The molecular formula is C20H25NO2. The maximum atomic E-state index is 12.2.